The molecule has 0 bridgehead atoms. The van der Waals surface area contributed by atoms with Crippen molar-refractivity contribution < 1.29 is 9.59 Å². The highest BCUT2D eigenvalue weighted by Gasteiger charge is 2.32. The summed E-state index contributed by atoms with van der Waals surface area (Å²) in [6.07, 6.45) is 0.810. The van der Waals surface area contributed by atoms with Gasteiger partial charge in [-0.15, -0.1) is 11.8 Å². The van der Waals surface area contributed by atoms with Crippen molar-refractivity contribution in [2.24, 2.45) is 0 Å². The van der Waals surface area contributed by atoms with Gasteiger partial charge in [0.15, 0.2) is 0 Å². The summed E-state index contributed by atoms with van der Waals surface area (Å²) in [5.41, 5.74) is 3.18. The Morgan fingerprint density at radius 1 is 1.00 bits per heavy atom. The van der Waals surface area contributed by atoms with Crippen LogP contribution in [0, 0.1) is 0 Å². The third-order valence-electron chi connectivity index (χ3n) is 5.11. The molecule has 1 fully saturated rings. The first-order chi connectivity index (χ1) is 15.0. The fraction of sp³-hybridized carbons (Fsp3) is 0.167. The number of thioether (sulfide) groups is 1. The van der Waals surface area contributed by atoms with Gasteiger partial charge in [-0.05, 0) is 41.8 Å². The van der Waals surface area contributed by atoms with Crippen LogP contribution in [0.1, 0.15) is 26.9 Å². The van der Waals surface area contributed by atoms with Crippen LogP contribution in [0.2, 0.25) is 10.0 Å². The average Bonchev–Trinajstić information content (AvgIpc) is 3.16. The maximum Gasteiger partial charge on any atom is 0.255 e. The molecule has 1 aliphatic rings. The number of nitrogens with zero attached hydrogens (tertiary/aromatic N) is 1. The molecule has 0 aromatic heterocycles. The second kappa shape index (κ2) is 9.77. The molecule has 3 aromatic rings. The van der Waals surface area contributed by atoms with Crippen molar-refractivity contribution in [2.45, 2.75) is 11.8 Å². The number of nitrogens with one attached hydrogen (secondary N) is 1. The molecule has 4 rings (SSSR count). The molecule has 31 heavy (non-hydrogen) atoms. The van der Waals surface area contributed by atoms with Crippen LogP contribution < -0.4 is 5.32 Å². The second-order valence-electron chi connectivity index (χ2n) is 7.16. The molecular weight excluding hydrogens is 451 g/mol. The van der Waals surface area contributed by atoms with Gasteiger partial charge in [0.05, 0.1) is 21.5 Å². The number of amides is 2. The van der Waals surface area contributed by atoms with Crippen molar-refractivity contribution >= 4 is 52.5 Å². The van der Waals surface area contributed by atoms with E-state index < -0.39 is 0 Å². The van der Waals surface area contributed by atoms with Gasteiger partial charge in [0.25, 0.3) is 5.91 Å². The Hall–Kier alpha value is -2.47. The Kier molecular flexibility index (Phi) is 6.86. The number of anilines is 1. The highest BCUT2D eigenvalue weighted by atomic mass is 35.5. The number of halogens is 2. The summed E-state index contributed by atoms with van der Waals surface area (Å²) < 4.78 is 0. The summed E-state index contributed by atoms with van der Waals surface area (Å²) in [7, 11) is 0. The predicted molar refractivity (Wildman–Crippen MR) is 128 cm³/mol. The average molecular weight is 471 g/mol. The van der Waals surface area contributed by atoms with Gasteiger partial charge in [-0.25, -0.2) is 0 Å². The van der Waals surface area contributed by atoms with E-state index in [0.717, 1.165) is 12.0 Å². The van der Waals surface area contributed by atoms with Crippen LogP contribution in [0.25, 0.3) is 0 Å². The van der Waals surface area contributed by atoms with Gasteiger partial charge in [0, 0.05) is 12.1 Å². The minimum absolute atomic E-state index is 0.0457. The summed E-state index contributed by atoms with van der Waals surface area (Å²) >= 11 is 13.8. The van der Waals surface area contributed by atoms with Crippen LogP contribution in [-0.2, 0) is 11.2 Å². The van der Waals surface area contributed by atoms with Crippen LogP contribution in [0.4, 0.5) is 5.69 Å². The molecule has 1 atom stereocenters. The largest absolute Gasteiger partial charge is 0.326 e. The minimum Gasteiger partial charge on any atom is -0.326 e. The number of benzene rings is 3. The molecule has 158 valence electrons. The van der Waals surface area contributed by atoms with Crippen molar-refractivity contribution in [3.8, 4) is 0 Å². The van der Waals surface area contributed by atoms with Gasteiger partial charge in [-0.1, -0.05) is 71.7 Å². The standard InChI is InChI=1S/C24H20Cl2N2O2S/c25-19-7-4-8-20(22(19)26)27-23(30)17-9-11-18(12-10-17)24-28(21(29)15-31-24)14-13-16-5-2-1-3-6-16/h1-12,24H,13-15H2,(H,27,30)/t24-/m0/s1. The van der Waals surface area contributed by atoms with Crippen LogP contribution in [-0.4, -0.2) is 29.0 Å². The molecule has 0 aliphatic carbocycles. The third-order valence-corrected chi connectivity index (χ3v) is 7.19. The molecule has 0 unspecified atom stereocenters. The molecule has 0 spiro atoms. The zero-order valence-corrected chi connectivity index (χ0v) is 18.9. The van der Waals surface area contributed by atoms with E-state index in [0.29, 0.717) is 33.6 Å². The monoisotopic (exact) mass is 470 g/mol. The van der Waals surface area contributed by atoms with Crippen LogP contribution >= 0.6 is 35.0 Å². The van der Waals surface area contributed by atoms with Gasteiger partial charge >= 0.3 is 0 Å². The summed E-state index contributed by atoms with van der Waals surface area (Å²) in [6.45, 7) is 0.663. The van der Waals surface area contributed by atoms with Gasteiger partial charge < -0.3 is 10.2 Å². The molecule has 3 aromatic carbocycles. The maximum atomic E-state index is 12.6. The fourth-order valence-corrected chi connectivity index (χ4v) is 5.03. The van der Waals surface area contributed by atoms with E-state index in [9.17, 15) is 9.59 Å². The number of rotatable bonds is 6. The van der Waals surface area contributed by atoms with Crippen LogP contribution in [0.5, 0.6) is 0 Å². The SMILES string of the molecule is O=C(Nc1cccc(Cl)c1Cl)c1ccc([C@@H]2SCC(=O)N2CCc2ccccc2)cc1. The zero-order valence-electron chi connectivity index (χ0n) is 16.6. The third kappa shape index (κ3) is 5.06. The molecule has 7 heteroatoms. The summed E-state index contributed by atoms with van der Waals surface area (Å²) in [5.74, 6) is 0.338. The van der Waals surface area contributed by atoms with Gasteiger partial charge in [-0.3, -0.25) is 9.59 Å². The quantitative estimate of drug-likeness (QED) is 0.475. The van der Waals surface area contributed by atoms with Gasteiger partial charge in [0.2, 0.25) is 5.91 Å². The highest BCUT2D eigenvalue weighted by molar-refractivity contribution is 8.00. The van der Waals surface area contributed by atoms with E-state index in [-0.39, 0.29) is 17.2 Å². The lowest BCUT2D eigenvalue weighted by Crippen LogP contribution is -2.30. The number of hydrogen-bond donors (Lipinski definition) is 1. The number of carbonyl (C=O) groups is 2. The summed E-state index contributed by atoms with van der Waals surface area (Å²) in [4.78, 5) is 27.0. The van der Waals surface area contributed by atoms with Crippen molar-refractivity contribution in [3.63, 3.8) is 0 Å². The Morgan fingerprint density at radius 3 is 2.48 bits per heavy atom. The molecular formula is C24H20Cl2N2O2S. The molecule has 1 heterocycles. The van der Waals surface area contributed by atoms with Crippen LogP contribution in [0.3, 0.4) is 0 Å². The van der Waals surface area contributed by atoms with E-state index >= 15 is 0 Å². The number of carbonyl (C=O) groups excluding carboxylic acids is 2. The molecule has 0 radical (unpaired) electrons. The Balaban J connectivity index is 1.44. The van der Waals surface area contributed by atoms with Gasteiger partial charge in [0.1, 0.15) is 5.37 Å². The highest BCUT2D eigenvalue weighted by Crippen LogP contribution is 2.38. The molecule has 1 saturated heterocycles. The Bertz CT molecular complexity index is 1090. The smallest absolute Gasteiger partial charge is 0.255 e. The van der Waals surface area contributed by atoms with E-state index in [4.69, 9.17) is 23.2 Å². The molecule has 2 amide bonds. The summed E-state index contributed by atoms with van der Waals surface area (Å²) in [6, 6.07) is 22.6. The van der Waals surface area contributed by atoms with Crippen molar-refractivity contribution in [1.82, 2.24) is 4.90 Å². The Labute approximate surface area is 195 Å². The minimum atomic E-state index is -0.271. The van der Waals surface area contributed by atoms with Crippen molar-refractivity contribution in [3.05, 3.63) is 99.5 Å². The van der Waals surface area contributed by atoms with E-state index in [2.05, 4.69) is 17.4 Å². The van der Waals surface area contributed by atoms with E-state index in [1.807, 2.05) is 35.2 Å². The second-order valence-corrected chi connectivity index (χ2v) is 9.02. The van der Waals surface area contributed by atoms with E-state index in [1.165, 1.54) is 5.56 Å². The van der Waals surface area contributed by atoms with Crippen LogP contribution in [0.15, 0.2) is 72.8 Å². The normalized spacial score (nSPS) is 15.9. The van der Waals surface area contributed by atoms with E-state index in [1.54, 1.807) is 42.1 Å². The fourth-order valence-electron chi connectivity index (χ4n) is 3.46. The van der Waals surface area contributed by atoms with Gasteiger partial charge in [-0.2, -0.15) is 0 Å². The lowest BCUT2D eigenvalue weighted by Gasteiger charge is -2.24. The first kappa shape index (κ1) is 21.8. The predicted octanol–water partition coefficient (Wildman–Crippen LogP) is 6.06. The van der Waals surface area contributed by atoms with Crippen molar-refractivity contribution in [1.29, 1.82) is 0 Å². The van der Waals surface area contributed by atoms with Crippen molar-refractivity contribution in [2.75, 3.05) is 17.6 Å². The first-order valence-electron chi connectivity index (χ1n) is 9.83. The molecule has 0 saturated carbocycles. The Morgan fingerprint density at radius 2 is 1.74 bits per heavy atom. The molecule has 1 aliphatic heterocycles. The molecule has 4 nitrogen and oxygen atoms in total. The lowest BCUT2D eigenvalue weighted by atomic mass is 10.1. The molecule has 1 N–H and O–H groups in total. The topological polar surface area (TPSA) is 49.4 Å². The zero-order chi connectivity index (χ0) is 21.8. The maximum absolute atomic E-state index is 12.6. The first-order valence-corrected chi connectivity index (χ1v) is 11.6. The lowest BCUT2D eigenvalue weighted by molar-refractivity contribution is -0.128. The summed E-state index contributed by atoms with van der Waals surface area (Å²) in [5, 5.41) is 3.43. The number of hydrogen-bond acceptors (Lipinski definition) is 3.